The van der Waals surface area contributed by atoms with E-state index in [-0.39, 0.29) is 0 Å². The first-order chi connectivity index (χ1) is 10.7. The van der Waals surface area contributed by atoms with Gasteiger partial charge in [-0.25, -0.2) is 0 Å². The molecule has 0 fully saturated rings. The Balaban J connectivity index is 1.75. The molecule has 0 unspecified atom stereocenters. The molecule has 0 radical (unpaired) electrons. The third-order valence-corrected chi connectivity index (χ3v) is 3.53. The number of ether oxygens (including phenoxy) is 2. The number of aryl methyl sites for hydroxylation is 1. The molecule has 2 heteroatoms. The molecule has 0 atom stereocenters. The lowest BCUT2D eigenvalue weighted by Crippen LogP contribution is -1.85. The zero-order valence-corrected chi connectivity index (χ0v) is 12.7. The molecular formula is C20H18O2. The van der Waals surface area contributed by atoms with Crippen LogP contribution in [0.5, 0.6) is 17.2 Å². The Kier molecular flexibility index (Phi) is 4.10. The van der Waals surface area contributed by atoms with Crippen molar-refractivity contribution in [2.75, 3.05) is 7.11 Å². The third kappa shape index (κ3) is 3.29. The summed E-state index contributed by atoms with van der Waals surface area (Å²) in [7, 11) is 1.67. The van der Waals surface area contributed by atoms with Gasteiger partial charge in [-0.1, -0.05) is 42.0 Å². The van der Waals surface area contributed by atoms with Crippen molar-refractivity contribution < 1.29 is 9.47 Å². The van der Waals surface area contributed by atoms with Crippen LogP contribution in [0.15, 0.2) is 72.8 Å². The third-order valence-electron chi connectivity index (χ3n) is 3.53. The minimum atomic E-state index is 0.834. The van der Waals surface area contributed by atoms with Gasteiger partial charge in [-0.15, -0.1) is 0 Å². The van der Waals surface area contributed by atoms with Crippen molar-refractivity contribution in [2.24, 2.45) is 0 Å². The number of benzene rings is 3. The summed E-state index contributed by atoms with van der Waals surface area (Å²) in [4.78, 5) is 0. The van der Waals surface area contributed by atoms with E-state index in [0.29, 0.717) is 0 Å². The van der Waals surface area contributed by atoms with E-state index in [0.717, 1.165) is 28.4 Å². The second-order valence-corrected chi connectivity index (χ2v) is 5.17. The van der Waals surface area contributed by atoms with Crippen molar-refractivity contribution in [3.8, 4) is 28.4 Å². The zero-order chi connectivity index (χ0) is 15.4. The smallest absolute Gasteiger partial charge is 0.127 e. The molecule has 0 aliphatic carbocycles. The van der Waals surface area contributed by atoms with E-state index in [1.807, 2.05) is 48.5 Å². The van der Waals surface area contributed by atoms with Gasteiger partial charge >= 0.3 is 0 Å². The fraction of sp³-hybridized carbons (Fsp3) is 0.100. The van der Waals surface area contributed by atoms with Crippen LogP contribution in [0.2, 0.25) is 0 Å². The Hall–Kier alpha value is -2.74. The van der Waals surface area contributed by atoms with Crippen LogP contribution in [-0.4, -0.2) is 7.11 Å². The molecule has 0 N–H and O–H groups in total. The summed E-state index contributed by atoms with van der Waals surface area (Å²) in [5, 5.41) is 0. The van der Waals surface area contributed by atoms with Crippen LogP contribution in [-0.2, 0) is 0 Å². The second-order valence-electron chi connectivity index (χ2n) is 5.17. The van der Waals surface area contributed by atoms with Gasteiger partial charge in [0.2, 0.25) is 0 Å². The van der Waals surface area contributed by atoms with Gasteiger partial charge in [0.15, 0.2) is 0 Å². The molecule has 110 valence electrons. The first-order valence-corrected chi connectivity index (χ1v) is 7.23. The fourth-order valence-electron chi connectivity index (χ4n) is 2.24. The Bertz CT molecular complexity index is 726. The van der Waals surface area contributed by atoms with Gasteiger partial charge in [-0.3, -0.25) is 0 Å². The summed E-state index contributed by atoms with van der Waals surface area (Å²) in [6.45, 7) is 2.06. The van der Waals surface area contributed by atoms with E-state index in [1.54, 1.807) is 7.11 Å². The highest BCUT2D eigenvalue weighted by atomic mass is 16.5. The number of hydrogen-bond donors (Lipinski definition) is 0. The normalized spacial score (nSPS) is 10.3. The molecule has 3 aromatic rings. The lowest BCUT2D eigenvalue weighted by molar-refractivity contribution is 0.415. The number of methoxy groups -OCH3 is 1. The lowest BCUT2D eigenvalue weighted by atomic mass is 10.1. The minimum absolute atomic E-state index is 0.834. The maximum Gasteiger partial charge on any atom is 0.127 e. The summed E-state index contributed by atoms with van der Waals surface area (Å²) < 4.78 is 11.0. The van der Waals surface area contributed by atoms with E-state index in [9.17, 15) is 0 Å². The monoisotopic (exact) mass is 290 g/mol. The maximum atomic E-state index is 5.84. The largest absolute Gasteiger partial charge is 0.497 e. The second kappa shape index (κ2) is 6.35. The molecule has 0 saturated carbocycles. The molecule has 0 saturated heterocycles. The van der Waals surface area contributed by atoms with Gasteiger partial charge in [0.05, 0.1) is 7.11 Å². The van der Waals surface area contributed by atoms with Crippen LogP contribution in [0.3, 0.4) is 0 Å². The van der Waals surface area contributed by atoms with Crippen LogP contribution in [0.4, 0.5) is 0 Å². The van der Waals surface area contributed by atoms with Gasteiger partial charge in [-0.05, 0) is 54.4 Å². The molecule has 0 aromatic heterocycles. The van der Waals surface area contributed by atoms with Gasteiger partial charge < -0.3 is 9.47 Å². The van der Waals surface area contributed by atoms with Crippen LogP contribution in [0, 0.1) is 6.92 Å². The molecule has 3 rings (SSSR count). The van der Waals surface area contributed by atoms with E-state index in [2.05, 4.69) is 31.2 Å². The Morgan fingerprint density at radius 1 is 0.545 bits per heavy atom. The Morgan fingerprint density at radius 3 is 1.41 bits per heavy atom. The van der Waals surface area contributed by atoms with E-state index < -0.39 is 0 Å². The predicted molar refractivity (Wildman–Crippen MR) is 89.7 cm³/mol. The van der Waals surface area contributed by atoms with Crippen molar-refractivity contribution in [3.05, 3.63) is 78.4 Å². The quantitative estimate of drug-likeness (QED) is 0.635. The van der Waals surface area contributed by atoms with Crippen molar-refractivity contribution in [2.45, 2.75) is 6.92 Å². The zero-order valence-electron chi connectivity index (χ0n) is 12.7. The van der Waals surface area contributed by atoms with Crippen LogP contribution >= 0.6 is 0 Å². The van der Waals surface area contributed by atoms with Gasteiger partial charge in [-0.2, -0.15) is 0 Å². The summed E-state index contributed by atoms with van der Waals surface area (Å²) >= 11 is 0. The van der Waals surface area contributed by atoms with Gasteiger partial charge in [0.1, 0.15) is 17.2 Å². The number of hydrogen-bond acceptors (Lipinski definition) is 2. The highest BCUT2D eigenvalue weighted by Gasteiger charge is 2.01. The molecule has 0 spiro atoms. The van der Waals surface area contributed by atoms with Crippen LogP contribution in [0.1, 0.15) is 5.56 Å². The SMILES string of the molecule is COc1ccc(-c2ccc(Oc3ccc(C)cc3)cc2)cc1. The molecule has 0 aliphatic heterocycles. The molecule has 3 aromatic carbocycles. The predicted octanol–water partition coefficient (Wildman–Crippen LogP) is 5.46. The maximum absolute atomic E-state index is 5.84. The molecule has 2 nitrogen and oxygen atoms in total. The van der Waals surface area contributed by atoms with Gasteiger partial charge in [0, 0.05) is 0 Å². The van der Waals surface area contributed by atoms with E-state index in [4.69, 9.17) is 9.47 Å². The molecule has 0 bridgehead atoms. The Labute approximate surface area is 131 Å². The molecule has 0 heterocycles. The van der Waals surface area contributed by atoms with E-state index >= 15 is 0 Å². The summed E-state index contributed by atoms with van der Waals surface area (Å²) in [6, 6.07) is 24.2. The van der Waals surface area contributed by atoms with Crippen molar-refractivity contribution in [1.82, 2.24) is 0 Å². The minimum Gasteiger partial charge on any atom is -0.497 e. The highest BCUT2D eigenvalue weighted by molar-refractivity contribution is 5.65. The fourth-order valence-corrected chi connectivity index (χ4v) is 2.24. The molecule has 22 heavy (non-hydrogen) atoms. The Morgan fingerprint density at radius 2 is 0.955 bits per heavy atom. The van der Waals surface area contributed by atoms with E-state index in [1.165, 1.54) is 5.56 Å². The van der Waals surface area contributed by atoms with Crippen LogP contribution in [0.25, 0.3) is 11.1 Å². The van der Waals surface area contributed by atoms with Crippen molar-refractivity contribution >= 4 is 0 Å². The summed E-state index contributed by atoms with van der Waals surface area (Å²) in [5.74, 6) is 2.55. The standard InChI is InChI=1S/C20H18O2/c1-15-3-9-19(10-4-15)22-20-13-7-17(8-14-20)16-5-11-18(21-2)12-6-16/h3-14H,1-2H3. The van der Waals surface area contributed by atoms with Crippen LogP contribution < -0.4 is 9.47 Å². The topological polar surface area (TPSA) is 18.5 Å². The lowest BCUT2D eigenvalue weighted by Gasteiger charge is -2.08. The average molecular weight is 290 g/mol. The molecule has 0 amide bonds. The summed E-state index contributed by atoms with van der Waals surface area (Å²) in [5.41, 5.74) is 3.53. The van der Waals surface area contributed by atoms with Gasteiger partial charge in [0.25, 0.3) is 0 Å². The first kappa shape index (κ1) is 14.2. The molecule has 0 aliphatic rings. The summed E-state index contributed by atoms with van der Waals surface area (Å²) in [6.07, 6.45) is 0. The van der Waals surface area contributed by atoms with Crippen molar-refractivity contribution in [3.63, 3.8) is 0 Å². The highest BCUT2D eigenvalue weighted by Crippen LogP contribution is 2.27. The first-order valence-electron chi connectivity index (χ1n) is 7.23. The molecular weight excluding hydrogens is 272 g/mol. The van der Waals surface area contributed by atoms with Crippen molar-refractivity contribution in [1.29, 1.82) is 0 Å². The number of rotatable bonds is 4. The average Bonchev–Trinajstić information content (AvgIpc) is 2.58.